The van der Waals surface area contributed by atoms with E-state index in [1.165, 1.54) is 0 Å². The lowest BCUT2D eigenvalue weighted by Gasteiger charge is -2.36. The fraction of sp³-hybridized carbons (Fsp3) is 0.842. The quantitative estimate of drug-likeness (QED) is 0.732. The maximum absolute atomic E-state index is 12.6. The van der Waals surface area contributed by atoms with Crippen molar-refractivity contribution in [1.29, 1.82) is 0 Å². The van der Waals surface area contributed by atoms with Gasteiger partial charge in [0.1, 0.15) is 6.04 Å². The molecule has 1 atom stereocenters. The molecule has 144 valence electrons. The van der Waals surface area contributed by atoms with Gasteiger partial charge in [-0.25, -0.2) is 0 Å². The van der Waals surface area contributed by atoms with E-state index < -0.39 is 6.04 Å². The lowest BCUT2D eigenvalue weighted by atomic mass is 9.88. The molecular weight excluding hydrogens is 318 g/mol. The van der Waals surface area contributed by atoms with Gasteiger partial charge in [0, 0.05) is 31.5 Å². The first-order valence-corrected chi connectivity index (χ1v) is 9.50. The summed E-state index contributed by atoms with van der Waals surface area (Å²) >= 11 is 0. The summed E-state index contributed by atoms with van der Waals surface area (Å²) in [7, 11) is 0. The zero-order valence-corrected chi connectivity index (χ0v) is 16.6. The topological polar surface area (TPSA) is 78.5 Å². The van der Waals surface area contributed by atoms with E-state index in [-0.39, 0.29) is 35.5 Å². The van der Waals surface area contributed by atoms with E-state index in [1.807, 2.05) is 46.4 Å². The number of carbonyl (C=O) groups excluding carboxylic acids is 3. The maximum atomic E-state index is 12.6. The highest BCUT2D eigenvalue weighted by molar-refractivity contribution is 5.88. The van der Waals surface area contributed by atoms with Gasteiger partial charge in [-0.2, -0.15) is 0 Å². The standard InChI is InChI=1S/C19H35N3O3/c1-12(2)11-20-18(24)16(21-17(23)13(3)4)15-7-9-22(10-8-15)19(25)14(5)6/h12-16H,7-11H2,1-6H3,(H,20,24)(H,21,23). The van der Waals surface area contributed by atoms with Gasteiger partial charge in [-0.1, -0.05) is 41.5 Å². The molecule has 1 unspecified atom stereocenters. The minimum absolute atomic E-state index is 0.0117. The van der Waals surface area contributed by atoms with Crippen molar-refractivity contribution in [2.24, 2.45) is 23.7 Å². The lowest BCUT2D eigenvalue weighted by molar-refractivity contribution is -0.137. The Kier molecular flexibility index (Phi) is 8.39. The van der Waals surface area contributed by atoms with E-state index >= 15 is 0 Å². The third-order valence-electron chi connectivity index (χ3n) is 4.61. The summed E-state index contributed by atoms with van der Waals surface area (Å²) in [6.07, 6.45) is 1.47. The van der Waals surface area contributed by atoms with Crippen LogP contribution in [0.15, 0.2) is 0 Å². The Balaban J connectivity index is 2.74. The predicted molar refractivity (Wildman–Crippen MR) is 98.8 cm³/mol. The minimum Gasteiger partial charge on any atom is -0.354 e. The van der Waals surface area contributed by atoms with E-state index in [1.54, 1.807) is 0 Å². The van der Waals surface area contributed by atoms with Crippen molar-refractivity contribution in [3.8, 4) is 0 Å². The number of likely N-dealkylation sites (tertiary alicyclic amines) is 1. The average molecular weight is 354 g/mol. The van der Waals surface area contributed by atoms with Crippen LogP contribution >= 0.6 is 0 Å². The molecule has 6 heteroatoms. The molecule has 1 rings (SSSR count). The number of hydrogen-bond donors (Lipinski definition) is 2. The molecule has 2 N–H and O–H groups in total. The van der Waals surface area contributed by atoms with Crippen molar-refractivity contribution >= 4 is 17.7 Å². The molecule has 0 saturated carbocycles. The first-order chi connectivity index (χ1) is 11.6. The molecule has 1 aliphatic rings. The summed E-state index contributed by atoms with van der Waals surface area (Å²) in [4.78, 5) is 38.8. The van der Waals surface area contributed by atoms with Crippen LogP contribution < -0.4 is 10.6 Å². The highest BCUT2D eigenvalue weighted by atomic mass is 16.2. The van der Waals surface area contributed by atoms with E-state index in [0.717, 1.165) is 12.8 Å². The zero-order chi connectivity index (χ0) is 19.1. The fourth-order valence-corrected chi connectivity index (χ4v) is 2.95. The molecule has 1 aliphatic heterocycles. The Bertz CT molecular complexity index is 467. The van der Waals surface area contributed by atoms with Gasteiger partial charge in [-0.3, -0.25) is 14.4 Å². The van der Waals surface area contributed by atoms with Gasteiger partial charge in [0.15, 0.2) is 0 Å². The summed E-state index contributed by atoms with van der Waals surface area (Å²) in [5, 5.41) is 5.86. The van der Waals surface area contributed by atoms with E-state index in [4.69, 9.17) is 0 Å². The van der Waals surface area contributed by atoms with Crippen LogP contribution in [0.4, 0.5) is 0 Å². The van der Waals surface area contributed by atoms with Crippen LogP contribution in [0.2, 0.25) is 0 Å². The van der Waals surface area contributed by atoms with Crippen molar-refractivity contribution in [3.63, 3.8) is 0 Å². The maximum Gasteiger partial charge on any atom is 0.242 e. The van der Waals surface area contributed by atoms with Crippen LogP contribution in [-0.2, 0) is 14.4 Å². The molecule has 1 heterocycles. The van der Waals surface area contributed by atoms with Gasteiger partial charge in [-0.15, -0.1) is 0 Å². The highest BCUT2D eigenvalue weighted by Crippen LogP contribution is 2.22. The number of carbonyl (C=O) groups is 3. The summed E-state index contributed by atoms with van der Waals surface area (Å²) in [6.45, 7) is 13.4. The second-order valence-corrected chi connectivity index (χ2v) is 8.10. The normalized spacial score (nSPS) is 17.1. The molecule has 6 nitrogen and oxygen atoms in total. The summed E-state index contributed by atoms with van der Waals surface area (Å²) in [5.74, 6) is 0.180. The molecule has 25 heavy (non-hydrogen) atoms. The number of amides is 3. The average Bonchev–Trinajstić information content (AvgIpc) is 2.56. The van der Waals surface area contributed by atoms with Crippen molar-refractivity contribution < 1.29 is 14.4 Å². The molecule has 0 bridgehead atoms. The Morgan fingerprint density at radius 3 is 1.92 bits per heavy atom. The highest BCUT2D eigenvalue weighted by Gasteiger charge is 2.34. The van der Waals surface area contributed by atoms with Crippen molar-refractivity contribution in [2.75, 3.05) is 19.6 Å². The summed E-state index contributed by atoms with van der Waals surface area (Å²) in [5.41, 5.74) is 0. The monoisotopic (exact) mass is 353 g/mol. The van der Waals surface area contributed by atoms with Gasteiger partial charge < -0.3 is 15.5 Å². The first kappa shape index (κ1) is 21.5. The second-order valence-electron chi connectivity index (χ2n) is 8.10. The molecular formula is C19H35N3O3. The van der Waals surface area contributed by atoms with Crippen LogP contribution in [0.25, 0.3) is 0 Å². The van der Waals surface area contributed by atoms with Crippen LogP contribution in [0.5, 0.6) is 0 Å². The number of hydrogen-bond acceptors (Lipinski definition) is 3. The smallest absolute Gasteiger partial charge is 0.242 e. The SMILES string of the molecule is CC(C)CNC(=O)C(NC(=O)C(C)C)C1CCN(C(=O)C(C)C)CC1. The molecule has 0 radical (unpaired) electrons. The summed E-state index contributed by atoms with van der Waals surface area (Å²) < 4.78 is 0. The Labute approximate surface area is 152 Å². The molecule has 0 spiro atoms. The van der Waals surface area contributed by atoms with Gasteiger partial charge in [0.05, 0.1) is 0 Å². The number of nitrogens with one attached hydrogen (secondary N) is 2. The number of piperidine rings is 1. The Morgan fingerprint density at radius 2 is 1.48 bits per heavy atom. The number of nitrogens with zero attached hydrogens (tertiary/aromatic N) is 1. The zero-order valence-electron chi connectivity index (χ0n) is 16.6. The fourth-order valence-electron chi connectivity index (χ4n) is 2.95. The van der Waals surface area contributed by atoms with Crippen molar-refractivity contribution in [3.05, 3.63) is 0 Å². The predicted octanol–water partition coefficient (Wildman–Crippen LogP) is 1.79. The van der Waals surface area contributed by atoms with Crippen molar-refractivity contribution in [1.82, 2.24) is 15.5 Å². The molecule has 0 aromatic heterocycles. The molecule has 0 aliphatic carbocycles. The van der Waals surface area contributed by atoms with Crippen molar-refractivity contribution in [2.45, 2.75) is 60.4 Å². The Morgan fingerprint density at radius 1 is 0.920 bits per heavy atom. The molecule has 0 aromatic rings. The molecule has 0 aromatic carbocycles. The summed E-state index contributed by atoms with van der Waals surface area (Å²) in [6, 6.07) is -0.523. The van der Waals surface area contributed by atoms with Gasteiger partial charge in [0.25, 0.3) is 0 Å². The van der Waals surface area contributed by atoms with Crippen LogP contribution in [-0.4, -0.2) is 48.3 Å². The first-order valence-electron chi connectivity index (χ1n) is 9.50. The molecule has 1 fully saturated rings. The van der Waals surface area contributed by atoms with Gasteiger partial charge in [-0.05, 0) is 24.7 Å². The third-order valence-corrected chi connectivity index (χ3v) is 4.61. The number of rotatable bonds is 7. The van der Waals surface area contributed by atoms with E-state index in [9.17, 15) is 14.4 Å². The van der Waals surface area contributed by atoms with Crippen LogP contribution in [0.1, 0.15) is 54.4 Å². The molecule has 1 saturated heterocycles. The van der Waals surface area contributed by atoms with Gasteiger partial charge >= 0.3 is 0 Å². The van der Waals surface area contributed by atoms with Crippen LogP contribution in [0, 0.1) is 23.7 Å². The van der Waals surface area contributed by atoms with Gasteiger partial charge in [0.2, 0.25) is 17.7 Å². The Hall–Kier alpha value is -1.59. The lowest BCUT2D eigenvalue weighted by Crippen LogP contribution is -2.55. The largest absolute Gasteiger partial charge is 0.354 e. The van der Waals surface area contributed by atoms with Crippen LogP contribution in [0.3, 0.4) is 0 Å². The minimum atomic E-state index is -0.523. The second kappa shape index (κ2) is 9.78. The van der Waals surface area contributed by atoms with E-state index in [0.29, 0.717) is 25.6 Å². The van der Waals surface area contributed by atoms with E-state index in [2.05, 4.69) is 10.6 Å². The third kappa shape index (κ3) is 6.67. The molecule has 3 amide bonds.